The first-order chi connectivity index (χ1) is 17.9. The number of likely N-dealkylation sites (tertiary alicyclic amines) is 1. The Kier molecular flexibility index (Phi) is 9.44. The molecule has 1 aliphatic heterocycles. The second kappa shape index (κ2) is 12.9. The molecule has 3 N–H and O–H groups in total. The summed E-state index contributed by atoms with van der Waals surface area (Å²) >= 11 is 12.1. The predicted octanol–water partition coefficient (Wildman–Crippen LogP) is 5.48. The molecule has 0 spiro atoms. The van der Waals surface area contributed by atoms with Crippen LogP contribution in [0.25, 0.3) is 0 Å². The van der Waals surface area contributed by atoms with Crippen LogP contribution in [0.15, 0.2) is 59.3 Å². The first kappa shape index (κ1) is 27.0. The average Bonchev–Trinajstić information content (AvgIpc) is 3.40. The summed E-state index contributed by atoms with van der Waals surface area (Å²) in [5, 5.41) is 13.3. The molecule has 4 rings (SSSR count). The van der Waals surface area contributed by atoms with Crippen LogP contribution in [0.5, 0.6) is 0 Å². The average molecular weight is 544 g/mol. The highest BCUT2D eigenvalue weighted by Gasteiger charge is 2.23. The molecule has 1 atom stereocenters. The lowest BCUT2D eigenvalue weighted by atomic mass is 9.94. The van der Waals surface area contributed by atoms with Gasteiger partial charge in [-0.2, -0.15) is 0 Å². The van der Waals surface area contributed by atoms with Gasteiger partial charge in [0.15, 0.2) is 0 Å². The maximum Gasteiger partial charge on any atom is 0.319 e. The van der Waals surface area contributed by atoms with E-state index in [9.17, 15) is 9.59 Å². The van der Waals surface area contributed by atoms with Crippen molar-refractivity contribution in [2.75, 3.05) is 31.5 Å². The Morgan fingerprint density at radius 3 is 2.43 bits per heavy atom. The van der Waals surface area contributed by atoms with Gasteiger partial charge in [-0.15, -0.1) is 0 Å². The summed E-state index contributed by atoms with van der Waals surface area (Å²) < 4.78 is 4.94. The summed E-state index contributed by atoms with van der Waals surface area (Å²) in [4.78, 5) is 27.2. The number of rotatable bonds is 9. The minimum absolute atomic E-state index is 0.118. The quantitative estimate of drug-likeness (QED) is 0.331. The number of nitrogens with one attached hydrogen (secondary N) is 3. The lowest BCUT2D eigenvalue weighted by Gasteiger charge is -2.33. The molecule has 0 radical (unpaired) electrons. The highest BCUT2D eigenvalue weighted by Crippen LogP contribution is 2.24. The third kappa shape index (κ3) is 8.21. The molecule has 0 bridgehead atoms. The Labute approximate surface area is 226 Å². The Balaban J connectivity index is 1.28. The molecule has 1 saturated heterocycles. The van der Waals surface area contributed by atoms with Crippen LogP contribution in [0.3, 0.4) is 0 Å². The van der Waals surface area contributed by atoms with Crippen LogP contribution in [0.1, 0.15) is 46.9 Å². The van der Waals surface area contributed by atoms with Crippen molar-refractivity contribution in [1.29, 1.82) is 0 Å². The van der Waals surface area contributed by atoms with Crippen molar-refractivity contribution in [1.82, 2.24) is 20.7 Å². The van der Waals surface area contributed by atoms with Crippen LogP contribution < -0.4 is 16.0 Å². The van der Waals surface area contributed by atoms with Crippen molar-refractivity contribution < 1.29 is 14.1 Å². The number of aryl methyl sites for hydroxylation is 1. The number of anilines is 1. The molecule has 37 heavy (non-hydrogen) atoms. The third-order valence-electron chi connectivity index (χ3n) is 6.56. The molecule has 10 heteroatoms. The van der Waals surface area contributed by atoms with Crippen LogP contribution >= 0.6 is 23.2 Å². The van der Waals surface area contributed by atoms with E-state index in [0.29, 0.717) is 22.3 Å². The van der Waals surface area contributed by atoms with E-state index in [0.717, 1.165) is 38.9 Å². The van der Waals surface area contributed by atoms with Gasteiger partial charge in [0.25, 0.3) is 5.91 Å². The predicted molar refractivity (Wildman–Crippen MR) is 145 cm³/mol. The van der Waals surface area contributed by atoms with E-state index in [2.05, 4.69) is 57.2 Å². The smallest absolute Gasteiger partial charge is 0.319 e. The van der Waals surface area contributed by atoms with Gasteiger partial charge in [-0.25, -0.2) is 4.79 Å². The summed E-state index contributed by atoms with van der Waals surface area (Å²) in [7, 11) is 0. The van der Waals surface area contributed by atoms with Crippen molar-refractivity contribution in [3.05, 3.63) is 81.7 Å². The standard InChI is InChI=1S/C27H31Cl2N5O3/c1-18-2-4-19(5-3-18)20(17-30-27(36)33-24-15-21(28)14-22(29)16-24)7-11-34-12-8-23(9-13-34)32-26(35)25-6-10-31-37-25/h2-6,10,14-16,20,23H,7-9,11-13,17H2,1H3,(H,32,35)(H2,30,33,36). The molecule has 3 aromatic rings. The van der Waals surface area contributed by atoms with E-state index < -0.39 is 0 Å². The SMILES string of the molecule is Cc1ccc(C(CCN2CCC(NC(=O)c3ccno3)CC2)CNC(=O)Nc2cc(Cl)cc(Cl)c2)cc1. The van der Waals surface area contributed by atoms with Gasteiger partial charge < -0.3 is 25.4 Å². The number of urea groups is 1. The normalized spacial score (nSPS) is 15.2. The highest BCUT2D eigenvalue weighted by atomic mass is 35.5. The molecule has 2 aromatic carbocycles. The fourth-order valence-corrected chi connectivity index (χ4v) is 5.00. The number of hydrogen-bond donors (Lipinski definition) is 3. The number of benzene rings is 2. The minimum atomic E-state index is -0.307. The van der Waals surface area contributed by atoms with E-state index in [4.69, 9.17) is 27.7 Å². The Bertz CT molecular complexity index is 1160. The number of piperidine rings is 1. The van der Waals surface area contributed by atoms with E-state index >= 15 is 0 Å². The van der Waals surface area contributed by atoms with Gasteiger partial charge in [-0.05, 0) is 56.5 Å². The highest BCUT2D eigenvalue weighted by molar-refractivity contribution is 6.35. The van der Waals surface area contributed by atoms with Crippen molar-refractivity contribution in [2.24, 2.45) is 0 Å². The molecule has 0 aliphatic carbocycles. The number of halogens is 2. The van der Waals surface area contributed by atoms with Gasteiger partial charge in [0.1, 0.15) is 0 Å². The van der Waals surface area contributed by atoms with E-state index in [-0.39, 0.29) is 29.7 Å². The van der Waals surface area contributed by atoms with Crippen LogP contribution in [0.2, 0.25) is 10.0 Å². The van der Waals surface area contributed by atoms with Crippen molar-refractivity contribution in [3.8, 4) is 0 Å². The first-order valence-electron chi connectivity index (χ1n) is 12.4. The molecule has 0 saturated carbocycles. The molecule has 1 unspecified atom stereocenters. The molecule has 8 nitrogen and oxygen atoms in total. The number of nitrogens with zero attached hydrogens (tertiary/aromatic N) is 2. The zero-order valence-electron chi connectivity index (χ0n) is 20.7. The monoisotopic (exact) mass is 543 g/mol. The third-order valence-corrected chi connectivity index (χ3v) is 6.99. The maximum absolute atomic E-state index is 12.6. The van der Waals surface area contributed by atoms with Gasteiger partial charge in [0.05, 0.1) is 6.20 Å². The topological polar surface area (TPSA) is 99.5 Å². The summed E-state index contributed by atoms with van der Waals surface area (Å²) in [6.07, 6.45) is 4.10. The van der Waals surface area contributed by atoms with Crippen LogP contribution in [-0.4, -0.2) is 54.2 Å². The Morgan fingerprint density at radius 1 is 1.08 bits per heavy atom. The minimum Gasteiger partial charge on any atom is -0.351 e. The van der Waals surface area contributed by atoms with Crippen molar-refractivity contribution in [3.63, 3.8) is 0 Å². The zero-order valence-corrected chi connectivity index (χ0v) is 22.2. The molecular weight excluding hydrogens is 513 g/mol. The van der Waals surface area contributed by atoms with E-state index in [1.165, 1.54) is 17.3 Å². The van der Waals surface area contributed by atoms with E-state index in [1.807, 2.05) is 0 Å². The molecule has 3 amide bonds. The van der Waals surface area contributed by atoms with Crippen LogP contribution in [0, 0.1) is 6.92 Å². The van der Waals surface area contributed by atoms with Crippen LogP contribution in [0.4, 0.5) is 10.5 Å². The van der Waals surface area contributed by atoms with Crippen molar-refractivity contribution >= 4 is 40.8 Å². The summed E-state index contributed by atoms with van der Waals surface area (Å²) in [6, 6.07) is 14.7. The van der Waals surface area contributed by atoms with E-state index in [1.54, 1.807) is 24.3 Å². The number of amides is 3. The molecule has 196 valence electrons. The lowest BCUT2D eigenvalue weighted by Crippen LogP contribution is -2.45. The largest absolute Gasteiger partial charge is 0.351 e. The van der Waals surface area contributed by atoms with Gasteiger partial charge in [0.2, 0.25) is 5.76 Å². The van der Waals surface area contributed by atoms with Gasteiger partial charge >= 0.3 is 6.03 Å². The number of aromatic nitrogens is 1. The molecular formula is C27H31Cl2N5O3. The molecule has 2 heterocycles. The first-order valence-corrected chi connectivity index (χ1v) is 13.1. The molecule has 1 aromatic heterocycles. The summed E-state index contributed by atoms with van der Waals surface area (Å²) in [6.45, 7) is 5.24. The second-order valence-corrected chi connectivity index (χ2v) is 10.2. The summed E-state index contributed by atoms with van der Waals surface area (Å²) in [5.41, 5.74) is 2.92. The Hall–Kier alpha value is -3.07. The molecule has 1 aliphatic rings. The van der Waals surface area contributed by atoms with Gasteiger partial charge in [-0.3, -0.25) is 4.79 Å². The van der Waals surface area contributed by atoms with Gasteiger partial charge in [0, 0.05) is 53.4 Å². The molecule has 1 fully saturated rings. The van der Waals surface area contributed by atoms with Crippen molar-refractivity contribution in [2.45, 2.75) is 38.1 Å². The second-order valence-electron chi connectivity index (χ2n) is 9.36. The fourth-order valence-electron chi connectivity index (χ4n) is 4.47. The fraction of sp³-hybridized carbons (Fsp3) is 0.370. The van der Waals surface area contributed by atoms with Gasteiger partial charge in [-0.1, -0.05) is 58.2 Å². The summed E-state index contributed by atoms with van der Waals surface area (Å²) in [5.74, 6) is 0.163. The Morgan fingerprint density at radius 2 is 1.78 bits per heavy atom. The number of carbonyl (C=O) groups is 2. The zero-order chi connectivity index (χ0) is 26.2. The maximum atomic E-state index is 12.6. The lowest BCUT2D eigenvalue weighted by molar-refractivity contribution is 0.0873. The number of hydrogen-bond acceptors (Lipinski definition) is 5. The van der Waals surface area contributed by atoms with Crippen LogP contribution in [-0.2, 0) is 0 Å². The number of carbonyl (C=O) groups excluding carboxylic acids is 2.